The second-order valence-corrected chi connectivity index (χ2v) is 7.40. The molecule has 0 atom stereocenters. The first-order valence-electron chi connectivity index (χ1n) is 8.09. The van der Waals surface area contributed by atoms with E-state index in [0.717, 1.165) is 17.0 Å². The topological polar surface area (TPSA) is 76.9 Å². The lowest BCUT2D eigenvalue weighted by Gasteiger charge is -2.09. The monoisotopic (exact) mass is 386 g/mol. The van der Waals surface area contributed by atoms with E-state index in [1.54, 1.807) is 17.5 Å². The first kappa shape index (κ1) is 18.3. The molecule has 0 bridgehead atoms. The predicted octanol–water partition coefficient (Wildman–Crippen LogP) is 3.38. The van der Waals surface area contributed by atoms with Crippen molar-refractivity contribution in [2.75, 3.05) is 5.75 Å². The molecule has 26 heavy (non-hydrogen) atoms. The van der Waals surface area contributed by atoms with Crippen LogP contribution < -0.4 is 5.32 Å². The fourth-order valence-corrected chi connectivity index (χ4v) is 3.89. The van der Waals surface area contributed by atoms with Gasteiger partial charge in [-0.15, -0.1) is 21.5 Å². The zero-order chi connectivity index (χ0) is 18.5. The summed E-state index contributed by atoms with van der Waals surface area (Å²) in [5, 5.41) is 13.4. The van der Waals surface area contributed by atoms with Crippen molar-refractivity contribution in [1.29, 1.82) is 0 Å². The van der Waals surface area contributed by atoms with Gasteiger partial charge in [0.25, 0.3) is 5.91 Å². The number of carbonyl (C=O) groups excluding carboxylic acids is 2. The summed E-state index contributed by atoms with van der Waals surface area (Å²) in [6, 6.07) is 11.4. The molecule has 0 aliphatic carbocycles. The molecule has 0 unspecified atom stereocenters. The summed E-state index contributed by atoms with van der Waals surface area (Å²) in [4.78, 5) is 24.5. The van der Waals surface area contributed by atoms with Crippen LogP contribution in [0.25, 0.3) is 11.4 Å². The molecule has 2 aromatic heterocycles. The molecule has 2 amide bonds. The first-order valence-corrected chi connectivity index (χ1v) is 9.96. The zero-order valence-corrected chi connectivity index (χ0v) is 16.1. The van der Waals surface area contributed by atoms with Crippen molar-refractivity contribution in [3.63, 3.8) is 0 Å². The molecule has 3 rings (SSSR count). The van der Waals surface area contributed by atoms with Crippen molar-refractivity contribution in [3.8, 4) is 11.4 Å². The summed E-state index contributed by atoms with van der Waals surface area (Å²) in [5.74, 6) is 0.158. The Morgan fingerprint density at radius 1 is 1.19 bits per heavy atom. The van der Waals surface area contributed by atoms with Crippen LogP contribution in [0.3, 0.4) is 0 Å². The zero-order valence-electron chi connectivity index (χ0n) is 14.4. The molecule has 1 N–H and O–H groups in total. The number of hydrogen-bond donors (Lipinski definition) is 1. The highest BCUT2D eigenvalue weighted by Crippen LogP contribution is 2.26. The maximum Gasteiger partial charge on any atom is 0.267 e. The Kier molecular flexibility index (Phi) is 5.85. The number of aromatic nitrogens is 3. The highest BCUT2D eigenvalue weighted by molar-refractivity contribution is 7.99. The average Bonchev–Trinajstić information content (AvgIpc) is 3.30. The van der Waals surface area contributed by atoms with Crippen molar-refractivity contribution < 1.29 is 9.59 Å². The summed E-state index contributed by atoms with van der Waals surface area (Å²) >= 11 is 2.57. The number of nitrogens with zero attached hydrogens (tertiary/aromatic N) is 3. The Hall–Kier alpha value is -2.45. The normalized spacial score (nSPS) is 10.7. The third-order valence-electron chi connectivity index (χ3n) is 3.75. The smallest absolute Gasteiger partial charge is 0.267 e. The van der Waals surface area contributed by atoms with Crippen LogP contribution in [0.15, 0.2) is 46.9 Å². The second kappa shape index (κ2) is 8.29. The maximum atomic E-state index is 12.0. The second-order valence-electron chi connectivity index (χ2n) is 5.51. The van der Waals surface area contributed by atoms with Crippen LogP contribution in [0.1, 0.15) is 22.2 Å². The van der Waals surface area contributed by atoms with Gasteiger partial charge in [-0.2, -0.15) is 0 Å². The third-order valence-corrected chi connectivity index (χ3v) is 5.58. The molecule has 0 radical (unpaired) electrons. The van der Waals surface area contributed by atoms with Gasteiger partial charge in [-0.05, 0) is 30.9 Å². The molecule has 2 heterocycles. The van der Waals surface area contributed by atoms with Gasteiger partial charge >= 0.3 is 0 Å². The van der Waals surface area contributed by atoms with Crippen LogP contribution >= 0.6 is 23.1 Å². The molecule has 8 heteroatoms. The number of benzene rings is 1. The van der Waals surface area contributed by atoms with Gasteiger partial charge < -0.3 is 4.57 Å². The van der Waals surface area contributed by atoms with Crippen molar-refractivity contribution in [3.05, 3.63) is 52.2 Å². The van der Waals surface area contributed by atoms with E-state index in [9.17, 15) is 9.59 Å². The molecule has 0 saturated carbocycles. The number of carbonyl (C=O) groups is 2. The Morgan fingerprint density at radius 2 is 2.00 bits per heavy atom. The van der Waals surface area contributed by atoms with Crippen molar-refractivity contribution in [2.45, 2.75) is 25.5 Å². The van der Waals surface area contributed by atoms with Gasteiger partial charge in [-0.3, -0.25) is 14.9 Å². The van der Waals surface area contributed by atoms with Gasteiger partial charge in [0.1, 0.15) is 0 Å². The van der Waals surface area contributed by atoms with Crippen LogP contribution in [0.4, 0.5) is 0 Å². The summed E-state index contributed by atoms with van der Waals surface area (Å²) in [5.41, 5.74) is 2.14. The predicted molar refractivity (Wildman–Crippen MR) is 103 cm³/mol. The van der Waals surface area contributed by atoms with E-state index in [4.69, 9.17) is 0 Å². The molecule has 0 aliphatic rings. The molecule has 0 aliphatic heterocycles. The summed E-state index contributed by atoms with van der Waals surface area (Å²) in [6.07, 6.45) is 0. The number of amides is 2. The van der Waals surface area contributed by atoms with Crippen molar-refractivity contribution in [1.82, 2.24) is 20.1 Å². The summed E-state index contributed by atoms with van der Waals surface area (Å²) in [7, 11) is 0. The lowest BCUT2D eigenvalue weighted by molar-refractivity contribution is -0.117. The molecule has 1 aromatic carbocycles. The van der Waals surface area contributed by atoms with Crippen LogP contribution in [0.2, 0.25) is 0 Å². The summed E-state index contributed by atoms with van der Waals surface area (Å²) in [6.45, 7) is 4.73. The third kappa shape index (κ3) is 4.03. The van der Waals surface area contributed by atoms with Crippen LogP contribution in [0, 0.1) is 6.92 Å². The maximum absolute atomic E-state index is 12.0. The number of rotatable bonds is 6. The van der Waals surface area contributed by atoms with Gasteiger partial charge in [0.15, 0.2) is 11.0 Å². The van der Waals surface area contributed by atoms with Gasteiger partial charge in [0.05, 0.1) is 10.6 Å². The van der Waals surface area contributed by atoms with E-state index in [0.29, 0.717) is 16.6 Å². The van der Waals surface area contributed by atoms with E-state index in [2.05, 4.69) is 15.5 Å². The molecule has 0 saturated heterocycles. The standard InChI is InChI=1S/C18H18N4O2S2/c1-3-22-16(13-8-5-4-7-12(13)2)20-21-18(22)26-11-15(23)19-17(24)14-9-6-10-25-14/h4-10H,3,11H2,1-2H3,(H,19,23,24). The van der Waals surface area contributed by atoms with E-state index in [1.807, 2.05) is 42.7 Å². The van der Waals surface area contributed by atoms with E-state index in [1.165, 1.54) is 23.1 Å². The molecular formula is C18H18N4O2S2. The van der Waals surface area contributed by atoms with Gasteiger partial charge in [0, 0.05) is 12.1 Å². The van der Waals surface area contributed by atoms with Crippen LogP contribution in [0.5, 0.6) is 0 Å². The van der Waals surface area contributed by atoms with Gasteiger partial charge in [-0.25, -0.2) is 0 Å². The van der Waals surface area contributed by atoms with E-state index in [-0.39, 0.29) is 17.6 Å². The number of thioether (sulfide) groups is 1. The number of nitrogens with one attached hydrogen (secondary N) is 1. The highest BCUT2D eigenvalue weighted by Gasteiger charge is 2.17. The molecule has 134 valence electrons. The van der Waals surface area contributed by atoms with E-state index >= 15 is 0 Å². The SMILES string of the molecule is CCn1c(SCC(=O)NC(=O)c2cccs2)nnc1-c1ccccc1C. The molecule has 6 nitrogen and oxygen atoms in total. The van der Waals surface area contributed by atoms with Gasteiger partial charge in [-0.1, -0.05) is 42.1 Å². The lowest BCUT2D eigenvalue weighted by atomic mass is 10.1. The largest absolute Gasteiger partial charge is 0.302 e. The Bertz CT molecular complexity index is 919. The molecule has 0 fully saturated rings. The minimum atomic E-state index is -0.372. The highest BCUT2D eigenvalue weighted by atomic mass is 32.2. The van der Waals surface area contributed by atoms with E-state index < -0.39 is 0 Å². The van der Waals surface area contributed by atoms with Crippen molar-refractivity contribution in [2.24, 2.45) is 0 Å². The number of aryl methyl sites for hydroxylation is 1. The quantitative estimate of drug-likeness (QED) is 0.657. The summed E-state index contributed by atoms with van der Waals surface area (Å²) < 4.78 is 1.97. The number of imide groups is 1. The molecular weight excluding hydrogens is 368 g/mol. The molecule has 0 spiro atoms. The average molecular weight is 387 g/mol. The fraction of sp³-hybridized carbons (Fsp3) is 0.222. The Morgan fingerprint density at radius 3 is 2.69 bits per heavy atom. The van der Waals surface area contributed by atoms with Gasteiger partial charge in [0.2, 0.25) is 5.91 Å². The minimum absolute atomic E-state index is 0.100. The van der Waals surface area contributed by atoms with Crippen LogP contribution in [-0.2, 0) is 11.3 Å². The van der Waals surface area contributed by atoms with Crippen LogP contribution in [-0.4, -0.2) is 32.3 Å². The lowest BCUT2D eigenvalue weighted by Crippen LogP contribution is -2.31. The number of thiophene rings is 1. The fourth-order valence-electron chi connectivity index (χ4n) is 2.47. The minimum Gasteiger partial charge on any atom is -0.302 e. The number of hydrogen-bond acceptors (Lipinski definition) is 6. The van der Waals surface area contributed by atoms with Crippen molar-refractivity contribution >= 4 is 34.9 Å². The molecule has 3 aromatic rings. The first-order chi connectivity index (χ1) is 12.6. The Balaban J connectivity index is 1.68. The Labute approximate surface area is 159 Å².